The van der Waals surface area contributed by atoms with Crippen LogP contribution in [0.2, 0.25) is 0 Å². The second-order valence-electron chi connectivity index (χ2n) is 0.408. The molecule has 0 aromatic heterocycles. The van der Waals surface area contributed by atoms with E-state index in [1.807, 2.05) is 0 Å². The molecule has 0 spiro atoms. The maximum absolute atomic E-state index is 8.52. The first-order chi connectivity index (χ1) is 2.00. The van der Waals surface area contributed by atoms with Crippen LogP contribution in [0.1, 0.15) is 0 Å². The third kappa shape index (κ3) is 1210. The van der Waals surface area contributed by atoms with E-state index in [2.05, 4.69) is 0 Å². The van der Waals surface area contributed by atoms with Crippen LogP contribution in [0.15, 0.2) is 0 Å². The zero-order chi connectivity index (χ0) is 4.50. The van der Waals surface area contributed by atoms with E-state index in [0.717, 1.165) is 0 Å². The zero-order valence-corrected chi connectivity index (χ0v) is 11.0. The third-order valence-electron chi connectivity index (χ3n) is 0. The minimum absolute atomic E-state index is 0. The second kappa shape index (κ2) is 69.6. The van der Waals surface area contributed by atoms with Gasteiger partial charge in [-0.3, -0.25) is 8.42 Å². The van der Waals surface area contributed by atoms with Crippen molar-refractivity contribution in [3.8, 4) is 0 Å². The van der Waals surface area contributed by atoms with Crippen molar-refractivity contribution in [3.63, 3.8) is 0 Å². The summed E-state index contributed by atoms with van der Waals surface area (Å²) in [6.45, 7) is 0. The first kappa shape index (κ1) is 153. The van der Waals surface area contributed by atoms with Crippen LogP contribution in [0.3, 0.4) is 0 Å². The van der Waals surface area contributed by atoms with Crippen molar-refractivity contribution in [2.45, 2.75) is 0 Å². The van der Waals surface area contributed by atoms with E-state index in [9.17, 15) is 0 Å². The minimum atomic E-state index is -5.17. The third-order valence-corrected chi connectivity index (χ3v) is 0. The molecular formula is H8Cu4O11S. The van der Waals surface area contributed by atoms with Gasteiger partial charge in [0.15, 0.2) is 0 Å². The minimum Gasteiger partial charge on any atom is -0.870 e. The van der Waals surface area contributed by atoms with Crippen LogP contribution < -0.4 is 0 Å². The van der Waals surface area contributed by atoms with Crippen LogP contribution in [0.25, 0.3) is 0 Å². The Morgan fingerprint density at radius 1 is 0.562 bits per heavy atom. The predicted molar refractivity (Wildman–Crippen MR) is 25.7 cm³/mol. The molecule has 11 nitrogen and oxygen atoms in total. The van der Waals surface area contributed by atoms with E-state index in [1.165, 1.54) is 0 Å². The monoisotopic (exact) mass is 468 g/mol. The first-order valence-electron chi connectivity index (χ1n) is 0.667. The largest absolute Gasteiger partial charge is 2.00 e. The molecule has 0 heterocycles. The molecule has 0 aliphatic carbocycles. The molecule has 4 radical (unpaired) electrons. The summed E-state index contributed by atoms with van der Waals surface area (Å²) in [5.41, 5.74) is 0. The molecule has 124 valence electrons. The molecule has 16 heavy (non-hydrogen) atoms. The number of hydrogen-bond acceptors (Lipinski definition) is 10. The van der Waals surface area contributed by atoms with Crippen molar-refractivity contribution in [2.75, 3.05) is 0 Å². The van der Waals surface area contributed by atoms with Gasteiger partial charge in [0.25, 0.3) is 0 Å². The molecule has 16 heteroatoms. The summed E-state index contributed by atoms with van der Waals surface area (Å²) in [4.78, 5) is 0. The molecule has 0 rings (SSSR count). The summed E-state index contributed by atoms with van der Waals surface area (Å²) >= 11 is 0. The molecule has 8 N–H and O–H groups in total. The van der Waals surface area contributed by atoms with Crippen LogP contribution >= 0.6 is 0 Å². The standard InChI is InChI=1S/4Cu.H2O4S.7H2O/c;;;;1-5(2,3)4;;;;;;;/h;;;;(H2,1,2,3,4);7*1H2/q4*+2;;;;;;;;/p-8. The van der Waals surface area contributed by atoms with Crippen molar-refractivity contribution in [2.24, 2.45) is 0 Å². The normalized spacial score (nSPS) is 3.62. The average molecular weight is 470 g/mol. The summed E-state index contributed by atoms with van der Waals surface area (Å²) in [6, 6.07) is 0. The van der Waals surface area contributed by atoms with Crippen molar-refractivity contribution >= 4 is 10.4 Å². The van der Waals surface area contributed by atoms with Gasteiger partial charge >= 0.3 is 68.3 Å². The summed E-state index contributed by atoms with van der Waals surface area (Å²) in [7, 11) is -5.17. The van der Waals surface area contributed by atoms with Gasteiger partial charge in [-0.1, -0.05) is 0 Å². The Labute approximate surface area is 134 Å². The second-order valence-corrected chi connectivity index (χ2v) is 1.22. The maximum Gasteiger partial charge on any atom is 2.00 e. The van der Waals surface area contributed by atoms with Crippen LogP contribution in [0, 0.1) is 0 Å². The van der Waals surface area contributed by atoms with Crippen molar-refractivity contribution in [1.82, 2.24) is 0 Å². The van der Waals surface area contributed by atoms with Gasteiger partial charge in [-0.2, -0.15) is 0 Å². The van der Waals surface area contributed by atoms with Gasteiger partial charge in [0.05, 0.1) is 0 Å². The van der Waals surface area contributed by atoms with Crippen LogP contribution in [0.4, 0.5) is 0 Å². The fourth-order valence-electron chi connectivity index (χ4n) is 0. The van der Waals surface area contributed by atoms with Crippen molar-refractivity contribution < 1.29 is 124 Å². The molecule has 0 aromatic carbocycles. The number of hydrogen-bond donors (Lipinski definition) is 0. The molecule has 0 aliphatic heterocycles. The Balaban J connectivity index is -0.00000000145. The predicted octanol–water partition coefficient (Wildman–Crippen LogP) is -3.23. The van der Waals surface area contributed by atoms with E-state index in [4.69, 9.17) is 17.5 Å². The van der Waals surface area contributed by atoms with E-state index < -0.39 is 10.4 Å². The molecule has 0 atom stereocenters. The molecule has 0 saturated carbocycles. The smallest absolute Gasteiger partial charge is 0.870 e. The molecule has 0 aliphatic rings. The van der Waals surface area contributed by atoms with Crippen molar-refractivity contribution in [3.05, 3.63) is 0 Å². The van der Waals surface area contributed by atoms with Gasteiger partial charge in [-0.15, -0.1) is 0 Å². The summed E-state index contributed by atoms with van der Waals surface area (Å²) in [6.07, 6.45) is 0. The average Bonchev–Trinajstić information content (AvgIpc) is 0.722. The molecule has 0 aromatic rings. The SMILES string of the molecule is O.O=S(=O)([O-])[O-].[Cu+2].[Cu+2].[Cu+2].[Cu+2].[OH-].[OH-].[OH-].[OH-].[OH-].[OH-]. The van der Waals surface area contributed by atoms with E-state index >= 15 is 0 Å². The molecule has 0 fully saturated rings. The van der Waals surface area contributed by atoms with E-state index in [0.29, 0.717) is 0 Å². The topological polar surface area (TPSA) is 292 Å². The van der Waals surface area contributed by atoms with Gasteiger partial charge in [0, 0.05) is 10.4 Å². The van der Waals surface area contributed by atoms with Gasteiger partial charge in [-0.05, 0) is 0 Å². The molecule has 0 unspecified atom stereocenters. The summed E-state index contributed by atoms with van der Waals surface area (Å²) < 4.78 is 34.1. The summed E-state index contributed by atoms with van der Waals surface area (Å²) in [5, 5.41) is 0. The van der Waals surface area contributed by atoms with Crippen LogP contribution in [-0.2, 0) is 78.7 Å². The molecule has 0 amide bonds. The zero-order valence-electron chi connectivity index (χ0n) is 6.43. The van der Waals surface area contributed by atoms with E-state index in [1.54, 1.807) is 0 Å². The summed E-state index contributed by atoms with van der Waals surface area (Å²) in [5.74, 6) is 0. The Kier molecular flexibility index (Phi) is 665. The van der Waals surface area contributed by atoms with Crippen LogP contribution in [-0.4, -0.2) is 55.9 Å². The van der Waals surface area contributed by atoms with Gasteiger partial charge in [0.2, 0.25) is 0 Å². The quantitative estimate of drug-likeness (QED) is 0.193. The molecule has 0 bridgehead atoms. The fourth-order valence-corrected chi connectivity index (χ4v) is 0. The Morgan fingerprint density at radius 2 is 0.562 bits per heavy atom. The van der Waals surface area contributed by atoms with Gasteiger partial charge in [-0.25, -0.2) is 0 Å². The fraction of sp³-hybridized carbons (Fsp3) is 0. The Morgan fingerprint density at radius 3 is 0.562 bits per heavy atom. The Bertz CT molecular complexity index is 101. The van der Waals surface area contributed by atoms with Gasteiger partial charge < -0.3 is 47.4 Å². The van der Waals surface area contributed by atoms with E-state index in [-0.39, 0.29) is 107 Å². The molecule has 0 saturated heterocycles. The van der Waals surface area contributed by atoms with Crippen molar-refractivity contribution in [1.29, 1.82) is 0 Å². The molecular weight excluding hydrogens is 462 g/mol. The first-order valence-corrected chi connectivity index (χ1v) is 2.00. The van der Waals surface area contributed by atoms with Crippen LogP contribution in [0.5, 0.6) is 0 Å². The maximum atomic E-state index is 8.52. The Hall–Kier alpha value is 1.67. The number of rotatable bonds is 0. The van der Waals surface area contributed by atoms with Gasteiger partial charge in [0.1, 0.15) is 0 Å².